The van der Waals surface area contributed by atoms with Crippen molar-refractivity contribution in [3.63, 3.8) is 0 Å². The van der Waals surface area contributed by atoms with Crippen LogP contribution in [0.1, 0.15) is 27.0 Å². The summed E-state index contributed by atoms with van der Waals surface area (Å²) >= 11 is 12.4. The molecule has 0 saturated heterocycles. The van der Waals surface area contributed by atoms with Gasteiger partial charge in [-0.25, -0.2) is 18.8 Å². The number of aromatic nitrogens is 1. The van der Waals surface area contributed by atoms with E-state index in [2.05, 4.69) is 15.5 Å². The summed E-state index contributed by atoms with van der Waals surface area (Å²) in [4.78, 5) is 17.2. The Balaban J connectivity index is 1.33. The summed E-state index contributed by atoms with van der Waals surface area (Å²) in [6.07, 6.45) is 1.44. The first kappa shape index (κ1) is 28.3. The molecule has 5 rings (SSSR count). The molecule has 10 heteroatoms. The minimum absolute atomic E-state index is 0.0318. The van der Waals surface area contributed by atoms with Crippen molar-refractivity contribution in [3.8, 4) is 0 Å². The number of anilines is 1. The zero-order valence-electron chi connectivity index (χ0n) is 21.8. The monoisotopic (exact) mass is 602 g/mol. The van der Waals surface area contributed by atoms with E-state index in [1.165, 1.54) is 10.5 Å². The Hall–Kier alpha value is -4.24. The summed E-state index contributed by atoms with van der Waals surface area (Å²) in [5, 5.41) is 5.62. The summed E-state index contributed by atoms with van der Waals surface area (Å²) < 4.78 is 28.6. The Bertz CT molecular complexity index is 1860. The van der Waals surface area contributed by atoms with Gasteiger partial charge in [0.25, 0.3) is 15.9 Å². The lowest BCUT2D eigenvalue weighted by molar-refractivity contribution is 0.0955. The minimum Gasteiger partial charge on any atom is -0.267 e. The number of para-hydroxylation sites is 1. The molecule has 0 saturated carbocycles. The second-order valence-corrected chi connectivity index (χ2v) is 11.9. The lowest BCUT2D eigenvalue weighted by Gasteiger charge is -2.25. The van der Waals surface area contributed by atoms with Gasteiger partial charge in [0.1, 0.15) is 5.15 Å². The van der Waals surface area contributed by atoms with E-state index in [1.54, 1.807) is 72.8 Å². The van der Waals surface area contributed by atoms with E-state index in [4.69, 9.17) is 23.2 Å². The molecule has 7 nitrogen and oxygen atoms in total. The fourth-order valence-electron chi connectivity index (χ4n) is 4.14. The highest BCUT2D eigenvalue weighted by Gasteiger charge is 2.25. The number of carbonyl (C=O) groups excluding carboxylic acids is 1. The number of rotatable bonds is 8. The van der Waals surface area contributed by atoms with Crippen molar-refractivity contribution in [3.05, 3.63) is 136 Å². The molecule has 1 aromatic heterocycles. The molecule has 0 fully saturated rings. The average molecular weight is 604 g/mol. The Morgan fingerprint density at radius 3 is 2.39 bits per heavy atom. The summed E-state index contributed by atoms with van der Waals surface area (Å²) in [6.45, 7) is 1.92. The van der Waals surface area contributed by atoms with Crippen molar-refractivity contribution in [2.75, 3.05) is 4.31 Å². The number of amides is 1. The van der Waals surface area contributed by atoms with Crippen LogP contribution in [0, 0.1) is 6.92 Å². The van der Waals surface area contributed by atoms with Gasteiger partial charge in [-0.15, -0.1) is 0 Å². The molecule has 0 aliphatic heterocycles. The molecule has 5 aromatic rings. The van der Waals surface area contributed by atoms with Gasteiger partial charge in [0.15, 0.2) is 0 Å². The summed E-state index contributed by atoms with van der Waals surface area (Å²) in [6, 6.07) is 29.3. The molecule has 41 heavy (non-hydrogen) atoms. The maximum Gasteiger partial charge on any atom is 0.271 e. The number of halogens is 2. The lowest BCUT2D eigenvalue weighted by atomic mass is 10.1. The van der Waals surface area contributed by atoms with Crippen LogP contribution < -0.4 is 9.73 Å². The van der Waals surface area contributed by atoms with E-state index in [0.29, 0.717) is 27.4 Å². The van der Waals surface area contributed by atoms with Crippen molar-refractivity contribution >= 4 is 61.9 Å². The predicted molar refractivity (Wildman–Crippen MR) is 164 cm³/mol. The topological polar surface area (TPSA) is 91.7 Å². The van der Waals surface area contributed by atoms with Crippen LogP contribution in [-0.2, 0) is 16.6 Å². The second kappa shape index (κ2) is 12.1. The van der Waals surface area contributed by atoms with Crippen LogP contribution in [0.25, 0.3) is 10.9 Å². The number of sulfonamides is 1. The van der Waals surface area contributed by atoms with Crippen LogP contribution >= 0.6 is 23.2 Å². The number of fused-ring (bicyclic) bond motifs is 1. The normalized spacial score (nSPS) is 11.6. The van der Waals surface area contributed by atoms with Crippen molar-refractivity contribution in [1.29, 1.82) is 0 Å². The van der Waals surface area contributed by atoms with E-state index < -0.39 is 15.9 Å². The third kappa shape index (κ3) is 6.57. The molecular formula is C31H24Cl2N4O3S. The summed E-state index contributed by atoms with van der Waals surface area (Å²) in [5.41, 5.74) is 6.22. The minimum atomic E-state index is -3.91. The van der Waals surface area contributed by atoms with E-state index in [9.17, 15) is 13.2 Å². The zero-order valence-corrected chi connectivity index (χ0v) is 24.2. The van der Waals surface area contributed by atoms with Crippen LogP contribution in [-0.4, -0.2) is 25.5 Å². The largest absolute Gasteiger partial charge is 0.271 e. The molecule has 0 radical (unpaired) electrons. The molecule has 0 aliphatic rings. The SMILES string of the molecule is Cc1ccc(S(=O)(=O)N(Cc2ccc(C(=O)N/N=C\c3cc4ccccc4nc3Cl)cc2)c2cccc(Cl)c2)cc1. The fourth-order valence-corrected chi connectivity index (χ4v) is 5.96. The smallest absolute Gasteiger partial charge is 0.267 e. The Morgan fingerprint density at radius 1 is 0.927 bits per heavy atom. The first-order chi connectivity index (χ1) is 19.7. The molecule has 206 valence electrons. The van der Waals surface area contributed by atoms with Gasteiger partial charge in [-0.2, -0.15) is 5.10 Å². The quantitative estimate of drug-likeness (QED) is 0.117. The number of aryl methyl sites for hydroxylation is 1. The fraction of sp³-hybridized carbons (Fsp3) is 0.0645. The maximum atomic E-state index is 13.7. The molecule has 0 bridgehead atoms. The highest BCUT2D eigenvalue weighted by atomic mass is 35.5. The van der Waals surface area contributed by atoms with E-state index >= 15 is 0 Å². The Kier molecular flexibility index (Phi) is 8.35. The lowest BCUT2D eigenvalue weighted by Crippen LogP contribution is -2.30. The van der Waals surface area contributed by atoms with Gasteiger partial charge in [-0.3, -0.25) is 9.10 Å². The van der Waals surface area contributed by atoms with Crippen molar-refractivity contribution in [2.24, 2.45) is 5.10 Å². The molecular weight excluding hydrogens is 579 g/mol. The van der Waals surface area contributed by atoms with Gasteiger partial charge in [0, 0.05) is 21.5 Å². The Labute approximate surface area is 248 Å². The highest BCUT2D eigenvalue weighted by Crippen LogP contribution is 2.28. The molecule has 0 aliphatic carbocycles. The van der Waals surface area contributed by atoms with Gasteiger partial charge < -0.3 is 0 Å². The third-order valence-electron chi connectivity index (χ3n) is 6.32. The van der Waals surface area contributed by atoms with Crippen LogP contribution in [0.3, 0.4) is 0 Å². The standard InChI is InChI=1S/C31H24Cl2N4O3S/c1-21-9-15-28(16-10-21)41(39,40)37(27-7-4-6-26(32)18-27)20-22-11-13-23(14-12-22)31(38)36-34-19-25-17-24-5-2-3-8-29(24)35-30(25)33/h2-19H,20H2,1H3,(H,36,38)/b34-19-. The summed E-state index contributed by atoms with van der Waals surface area (Å²) in [7, 11) is -3.91. The number of benzene rings is 4. The van der Waals surface area contributed by atoms with Crippen molar-refractivity contribution in [2.45, 2.75) is 18.4 Å². The number of pyridine rings is 1. The van der Waals surface area contributed by atoms with E-state index in [0.717, 1.165) is 16.5 Å². The third-order valence-corrected chi connectivity index (χ3v) is 8.65. The first-order valence-electron chi connectivity index (χ1n) is 12.5. The van der Waals surface area contributed by atoms with Gasteiger partial charge in [0.2, 0.25) is 0 Å². The van der Waals surface area contributed by atoms with Crippen LogP contribution in [0.2, 0.25) is 10.2 Å². The Morgan fingerprint density at radius 2 is 1.66 bits per heavy atom. The molecule has 4 aromatic carbocycles. The number of nitrogens with one attached hydrogen (secondary N) is 1. The van der Waals surface area contributed by atoms with Gasteiger partial charge >= 0.3 is 0 Å². The van der Waals surface area contributed by atoms with Gasteiger partial charge in [0.05, 0.1) is 28.9 Å². The van der Waals surface area contributed by atoms with Crippen LogP contribution in [0.4, 0.5) is 5.69 Å². The number of hydrazone groups is 1. The molecule has 0 spiro atoms. The van der Waals surface area contributed by atoms with E-state index in [-0.39, 0.29) is 16.6 Å². The van der Waals surface area contributed by atoms with Crippen molar-refractivity contribution < 1.29 is 13.2 Å². The average Bonchev–Trinajstić information content (AvgIpc) is 2.96. The predicted octanol–water partition coefficient (Wildman–Crippen LogP) is 7.01. The number of hydrogen-bond acceptors (Lipinski definition) is 5. The first-order valence-corrected chi connectivity index (χ1v) is 14.7. The van der Waals surface area contributed by atoms with E-state index in [1.807, 2.05) is 37.3 Å². The number of nitrogens with zero attached hydrogens (tertiary/aromatic N) is 3. The number of hydrogen-bond donors (Lipinski definition) is 1. The highest BCUT2D eigenvalue weighted by molar-refractivity contribution is 7.92. The molecule has 1 amide bonds. The molecule has 1 heterocycles. The van der Waals surface area contributed by atoms with Crippen LogP contribution in [0.15, 0.2) is 113 Å². The van der Waals surface area contributed by atoms with Crippen molar-refractivity contribution in [1.82, 2.24) is 10.4 Å². The van der Waals surface area contributed by atoms with Gasteiger partial charge in [-0.05, 0) is 67.1 Å². The number of carbonyl (C=O) groups is 1. The van der Waals surface area contributed by atoms with Crippen LogP contribution in [0.5, 0.6) is 0 Å². The van der Waals surface area contributed by atoms with Gasteiger partial charge in [-0.1, -0.05) is 77.3 Å². The molecule has 1 N–H and O–H groups in total. The summed E-state index contributed by atoms with van der Waals surface area (Å²) in [5.74, 6) is -0.434. The maximum absolute atomic E-state index is 13.7. The molecule has 0 unspecified atom stereocenters. The zero-order chi connectivity index (χ0) is 29.0. The molecule has 0 atom stereocenters. The second-order valence-electron chi connectivity index (χ2n) is 9.26.